The molecule has 0 aromatic carbocycles. The fourth-order valence-corrected chi connectivity index (χ4v) is 2.02. The van der Waals surface area contributed by atoms with Crippen molar-refractivity contribution in [3.8, 4) is 0 Å². The molecule has 0 bridgehead atoms. The van der Waals surface area contributed by atoms with Crippen LogP contribution in [0.2, 0.25) is 0 Å². The fraction of sp³-hybridized carbons (Fsp3) is 0.700. The van der Waals surface area contributed by atoms with Crippen LogP contribution in [-0.2, 0) is 6.42 Å². The highest BCUT2D eigenvalue weighted by atomic mass is 32.1. The fourth-order valence-electron chi connectivity index (χ4n) is 1.38. The Morgan fingerprint density at radius 3 is 2.92 bits per heavy atom. The van der Waals surface area contributed by atoms with E-state index in [1.165, 1.54) is 30.7 Å². The van der Waals surface area contributed by atoms with Crippen LogP contribution in [0.25, 0.3) is 0 Å². The van der Waals surface area contributed by atoms with Gasteiger partial charge in [-0.15, -0.1) is 11.3 Å². The first-order valence-corrected chi connectivity index (χ1v) is 5.59. The van der Waals surface area contributed by atoms with Gasteiger partial charge in [-0.2, -0.15) is 0 Å². The number of aryl methyl sites for hydroxylation is 1. The molecule has 0 radical (unpaired) electrons. The Hall–Kier alpha value is -0.370. The van der Waals surface area contributed by atoms with Crippen LogP contribution in [0.3, 0.4) is 0 Å². The normalized spacial score (nSPS) is 13.2. The van der Waals surface area contributed by atoms with Gasteiger partial charge in [0.2, 0.25) is 0 Å². The van der Waals surface area contributed by atoms with E-state index in [0.29, 0.717) is 0 Å². The van der Waals surface area contributed by atoms with E-state index in [-0.39, 0.29) is 0 Å². The molecule has 1 atom stereocenters. The molecule has 1 aromatic rings. The summed E-state index contributed by atoms with van der Waals surface area (Å²) >= 11 is 1.77. The van der Waals surface area contributed by atoms with E-state index >= 15 is 0 Å². The van der Waals surface area contributed by atoms with Gasteiger partial charge < -0.3 is 0 Å². The van der Waals surface area contributed by atoms with Crippen molar-refractivity contribution in [1.29, 1.82) is 0 Å². The Kier molecular flexibility index (Phi) is 4.30. The summed E-state index contributed by atoms with van der Waals surface area (Å²) in [7, 11) is 0. The third-order valence-electron chi connectivity index (χ3n) is 2.12. The lowest BCUT2D eigenvalue weighted by Crippen LogP contribution is -1.96. The zero-order valence-electron chi connectivity index (χ0n) is 7.92. The molecular weight excluding hydrogens is 166 g/mol. The van der Waals surface area contributed by atoms with E-state index in [1.807, 2.05) is 6.20 Å². The SMILES string of the molecule is CCCC(C)CCc1nccs1. The van der Waals surface area contributed by atoms with Crippen LogP contribution in [0.1, 0.15) is 38.1 Å². The predicted octanol–water partition coefficient (Wildman–Crippen LogP) is 3.51. The van der Waals surface area contributed by atoms with Crippen molar-refractivity contribution in [3.63, 3.8) is 0 Å². The lowest BCUT2D eigenvalue weighted by Gasteiger charge is -2.07. The number of thiazole rings is 1. The molecule has 0 N–H and O–H groups in total. The molecule has 0 aliphatic carbocycles. The third-order valence-corrected chi connectivity index (χ3v) is 2.96. The van der Waals surface area contributed by atoms with Crippen LogP contribution in [0.15, 0.2) is 11.6 Å². The number of aromatic nitrogens is 1. The molecule has 68 valence electrons. The molecule has 12 heavy (non-hydrogen) atoms. The lowest BCUT2D eigenvalue weighted by molar-refractivity contribution is 0.486. The van der Waals surface area contributed by atoms with Crippen molar-refractivity contribution in [2.75, 3.05) is 0 Å². The molecule has 0 fully saturated rings. The maximum absolute atomic E-state index is 4.27. The first-order valence-electron chi connectivity index (χ1n) is 4.71. The Morgan fingerprint density at radius 1 is 1.50 bits per heavy atom. The Morgan fingerprint density at radius 2 is 2.33 bits per heavy atom. The zero-order valence-corrected chi connectivity index (χ0v) is 8.73. The van der Waals surface area contributed by atoms with Gasteiger partial charge in [0.1, 0.15) is 0 Å². The van der Waals surface area contributed by atoms with Gasteiger partial charge in [0.15, 0.2) is 0 Å². The molecule has 0 saturated heterocycles. The second kappa shape index (κ2) is 5.31. The van der Waals surface area contributed by atoms with E-state index in [0.717, 1.165) is 5.92 Å². The molecule has 1 heterocycles. The highest BCUT2D eigenvalue weighted by Crippen LogP contribution is 2.15. The second-order valence-electron chi connectivity index (χ2n) is 3.36. The minimum absolute atomic E-state index is 0.860. The first-order chi connectivity index (χ1) is 5.83. The van der Waals surface area contributed by atoms with Gasteiger partial charge in [0.25, 0.3) is 0 Å². The predicted molar refractivity (Wildman–Crippen MR) is 54.5 cm³/mol. The molecule has 2 heteroatoms. The van der Waals surface area contributed by atoms with Crippen molar-refractivity contribution < 1.29 is 0 Å². The van der Waals surface area contributed by atoms with Crippen molar-refractivity contribution in [3.05, 3.63) is 16.6 Å². The van der Waals surface area contributed by atoms with Crippen LogP contribution in [0.4, 0.5) is 0 Å². The smallest absolute Gasteiger partial charge is 0.0924 e. The summed E-state index contributed by atoms with van der Waals surface area (Å²) in [4.78, 5) is 4.27. The zero-order chi connectivity index (χ0) is 8.81. The van der Waals surface area contributed by atoms with Crippen LogP contribution < -0.4 is 0 Å². The van der Waals surface area contributed by atoms with E-state index in [9.17, 15) is 0 Å². The summed E-state index contributed by atoms with van der Waals surface area (Å²) in [6.45, 7) is 4.58. The summed E-state index contributed by atoms with van der Waals surface area (Å²) in [5.74, 6) is 0.860. The average molecular weight is 183 g/mol. The molecule has 0 amide bonds. The largest absolute Gasteiger partial charge is 0.250 e. The summed E-state index contributed by atoms with van der Waals surface area (Å²) < 4.78 is 0. The van der Waals surface area contributed by atoms with Gasteiger partial charge in [0.05, 0.1) is 5.01 Å². The minimum Gasteiger partial charge on any atom is -0.250 e. The molecule has 1 unspecified atom stereocenters. The molecule has 1 rings (SSSR count). The highest BCUT2D eigenvalue weighted by Gasteiger charge is 2.02. The lowest BCUT2D eigenvalue weighted by atomic mass is 10.0. The van der Waals surface area contributed by atoms with Crippen molar-refractivity contribution in [1.82, 2.24) is 4.98 Å². The molecule has 1 nitrogen and oxygen atoms in total. The molecule has 0 aliphatic rings. The van der Waals surface area contributed by atoms with Gasteiger partial charge >= 0.3 is 0 Å². The quantitative estimate of drug-likeness (QED) is 0.680. The number of rotatable bonds is 5. The maximum atomic E-state index is 4.27. The van der Waals surface area contributed by atoms with E-state index in [2.05, 4.69) is 24.2 Å². The Labute approximate surface area is 78.8 Å². The monoisotopic (exact) mass is 183 g/mol. The van der Waals surface area contributed by atoms with Crippen molar-refractivity contribution >= 4 is 11.3 Å². The summed E-state index contributed by atoms with van der Waals surface area (Å²) in [5, 5.41) is 3.35. The van der Waals surface area contributed by atoms with Gasteiger partial charge in [-0.25, -0.2) is 4.98 Å². The van der Waals surface area contributed by atoms with E-state index in [4.69, 9.17) is 0 Å². The van der Waals surface area contributed by atoms with Crippen molar-refractivity contribution in [2.24, 2.45) is 5.92 Å². The van der Waals surface area contributed by atoms with E-state index < -0.39 is 0 Å². The van der Waals surface area contributed by atoms with Gasteiger partial charge in [-0.3, -0.25) is 0 Å². The number of hydrogen-bond acceptors (Lipinski definition) is 2. The topological polar surface area (TPSA) is 12.9 Å². The first kappa shape index (κ1) is 9.72. The molecular formula is C10H17NS. The maximum Gasteiger partial charge on any atom is 0.0924 e. The molecule has 0 aliphatic heterocycles. The van der Waals surface area contributed by atoms with Gasteiger partial charge in [-0.1, -0.05) is 26.7 Å². The number of hydrogen-bond donors (Lipinski definition) is 0. The van der Waals surface area contributed by atoms with Gasteiger partial charge in [-0.05, 0) is 18.8 Å². The minimum atomic E-state index is 0.860. The summed E-state index contributed by atoms with van der Waals surface area (Å²) in [5.41, 5.74) is 0. The van der Waals surface area contributed by atoms with Crippen molar-refractivity contribution in [2.45, 2.75) is 39.5 Å². The standard InChI is InChI=1S/C10H17NS/c1-3-4-9(2)5-6-10-11-7-8-12-10/h7-9H,3-6H2,1-2H3. The van der Waals surface area contributed by atoms with Gasteiger partial charge in [0, 0.05) is 11.6 Å². The summed E-state index contributed by atoms with van der Waals surface area (Å²) in [6.07, 6.45) is 7.01. The second-order valence-corrected chi connectivity index (χ2v) is 4.34. The summed E-state index contributed by atoms with van der Waals surface area (Å²) in [6, 6.07) is 0. The van der Waals surface area contributed by atoms with Crippen LogP contribution in [0.5, 0.6) is 0 Å². The van der Waals surface area contributed by atoms with Crippen LogP contribution in [0, 0.1) is 5.92 Å². The number of nitrogens with zero attached hydrogens (tertiary/aromatic N) is 1. The Bertz CT molecular complexity index is 194. The average Bonchev–Trinajstić information content (AvgIpc) is 2.53. The van der Waals surface area contributed by atoms with Crippen LogP contribution >= 0.6 is 11.3 Å². The molecule has 0 saturated carbocycles. The molecule has 1 aromatic heterocycles. The molecule has 0 spiro atoms. The highest BCUT2D eigenvalue weighted by molar-refractivity contribution is 7.09. The van der Waals surface area contributed by atoms with E-state index in [1.54, 1.807) is 11.3 Å². The Balaban J connectivity index is 2.17. The third kappa shape index (κ3) is 3.35. The van der Waals surface area contributed by atoms with Crippen LogP contribution in [-0.4, -0.2) is 4.98 Å².